The van der Waals surface area contributed by atoms with Gasteiger partial charge in [-0.05, 0) is 42.3 Å². The lowest BCUT2D eigenvalue weighted by Gasteiger charge is -2.16. The van der Waals surface area contributed by atoms with Crippen LogP contribution in [0.2, 0.25) is 5.22 Å². The van der Waals surface area contributed by atoms with Gasteiger partial charge in [-0.25, -0.2) is 5.43 Å². The van der Waals surface area contributed by atoms with Crippen molar-refractivity contribution >= 4 is 11.6 Å². The highest BCUT2D eigenvalue weighted by atomic mass is 35.5. The van der Waals surface area contributed by atoms with Gasteiger partial charge in [-0.3, -0.25) is 5.84 Å². The van der Waals surface area contributed by atoms with Crippen LogP contribution in [0.25, 0.3) is 0 Å². The average Bonchev–Trinajstić information content (AvgIpc) is 2.78. The standard InChI is InChI=1S/C13H15ClN2O2/c1-2-17-10-5-3-4-9(8-10)12(16-15)11-6-7-18-13(11)14/h3-8,12,16H,2,15H2,1H3. The Hall–Kier alpha value is -1.49. The molecule has 1 aromatic heterocycles. The molecule has 18 heavy (non-hydrogen) atoms. The maximum Gasteiger partial charge on any atom is 0.198 e. The molecule has 0 saturated heterocycles. The van der Waals surface area contributed by atoms with Crippen LogP contribution in [0.1, 0.15) is 24.1 Å². The molecular weight excluding hydrogens is 252 g/mol. The molecule has 2 rings (SSSR count). The minimum atomic E-state index is -0.225. The Morgan fingerprint density at radius 3 is 2.89 bits per heavy atom. The predicted molar refractivity (Wildman–Crippen MR) is 70.5 cm³/mol. The molecule has 1 aromatic carbocycles. The third kappa shape index (κ3) is 2.67. The van der Waals surface area contributed by atoms with E-state index in [0.717, 1.165) is 16.9 Å². The van der Waals surface area contributed by atoms with Crippen molar-refractivity contribution in [3.8, 4) is 5.75 Å². The van der Waals surface area contributed by atoms with E-state index in [4.69, 9.17) is 26.6 Å². The number of rotatable bonds is 5. The first-order valence-corrected chi connectivity index (χ1v) is 6.05. The molecule has 5 heteroatoms. The van der Waals surface area contributed by atoms with E-state index in [9.17, 15) is 0 Å². The van der Waals surface area contributed by atoms with Crippen LogP contribution in [0.3, 0.4) is 0 Å². The molecule has 0 aliphatic rings. The first-order chi connectivity index (χ1) is 8.76. The molecule has 1 unspecified atom stereocenters. The summed E-state index contributed by atoms with van der Waals surface area (Å²) in [4.78, 5) is 0. The molecule has 96 valence electrons. The van der Waals surface area contributed by atoms with E-state index in [0.29, 0.717) is 11.8 Å². The number of ether oxygens (including phenoxy) is 1. The number of hydrazine groups is 1. The van der Waals surface area contributed by atoms with Gasteiger partial charge >= 0.3 is 0 Å². The van der Waals surface area contributed by atoms with E-state index in [1.54, 1.807) is 6.07 Å². The summed E-state index contributed by atoms with van der Waals surface area (Å²) in [5.74, 6) is 6.40. The van der Waals surface area contributed by atoms with E-state index in [-0.39, 0.29) is 6.04 Å². The highest BCUT2D eigenvalue weighted by molar-refractivity contribution is 6.29. The number of hydrogen-bond acceptors (Lipinski definition) is 4. The van der Waals surface area contributed by atoms with Crippen molar-refractivity contribution in [1.29, 1.82) is 0 Å². The molecule has 0 fully saturated rings. The SMILES string of the molecule is CCOc1cccc(C(NN)c2ccoc2Cl)c1. The molecule has 0 amide bonds. The van der Waals surface area contributed by atoms with Gasteiger partial charge in [0.1, 0.15) is 5.75 Å². The Balaban J connectivity index is 2.33. The van der Waals surface area contributed by atoms with Crippen LogP contribution in [0.15, 0.2) is 41.0 Å². The minimum absolute atomic E-state index is 0.225. The third-order valence-corrected chi connectivity index (χ3v) is 2.93. The molecule has 0 bridgehead atoms. The number of nitrogens with two attached hydrogens (primary N) is 1. The predicted octanol–water partition coefficient (Wildman–Crippen LogP) is 2.88. The number of furan rings is 1. The topological polar surface area (TPSA) is 60.4 Å². The summed E-state index contributed by atoms with van der Waals surface area (Å²) >= 11 is 5.97. The number of benzene rings is 1. The zero-order valence-corrected chi connectivity index (χ0v) is 10.8. The van der Waals surface area contributed by atoms with Crippen LogP contribution in [0, 0.1) is 0 Å². The lowest BCUT2D eigenvalue weighted by molar-refractivity contribution is 0.339. The highest BCUT2D eigenvalue weighted by Gasteiger charge is 2.18. The summed E-state index contributed by atoms with van der Waals surface area (Å²) in [6.07, 6.45) is 1.54. The van der Waals surface area contributed by atoms with Gasteiger partial charge in [0.2, 0.25) is 0 Å². The first kappa shape index (κ1) is 13.0. The second kappa shape index (κ2) is 5.91. The fourth-order valence-electron chi connectivity index (χ4n) is 1.83. The summed E-state index contributed by atoms with van der Waals surface area (Å²) in [5.41, 5.74) is 4.49. The lowest BCUT2D eigenvalue weighted by atomic mass is 10.0. The molecule has 0 spiro atoms. The fraction of sp³-hybridized carbons (Fsp3) is 0.231. The number of nitrogens with one attached hydrogen (secondary N) is 1. The van der Waals surface area contributed by atoms with Crippen LogP contribution in [-0.2, 0) is 0 Å². The van der Waals surface area contributed by atoms with Gasteiger partial charge in [-0.1, -0.05) is 12.1 Å². The Morgan fingerprint density at radius 1 is 1.44 bits per heavy atom. The summed E-state index contributed by atoms with van der Waals surface area (Å²) in [5, 5.41) is 0.333. The molecule has 0 saturated carbocycles. The van der Waals surface area contributed by atoms with E-state index in [1.165, 1.54) is 6.26 Å². The van der Waals surface area contributed by atoms with Crippen LogP contribution >= 0.6 is 11.6 Å². The van der Waals surface area contributed by atoms with Crippen molar-refractivity contribution < 1.29 is 9.15 Å². The van der Waals surface area contributed by atoms with Crippen molar-refractivity contribution in [3.63, 3.8) is 0 Å². The molecule has 1 atom stereocenters. The highest BCUT2D eigenvalue weighted by Crippen LogP contribution is 2.30. The van der Waals surface area contributed by atoms with Gasteiger partial charge < -0.3 is 9.15 Å². The van der Waals surface area contributed by atoms with Gasteiger partial charge in [-0.15, -0.1) is 0 Å². The minimum Gasteiger partial charge on any atom is -0.494 e. The summed E-state index contributed by atoms with van der Waals surface area (Å²) in [7, 11) is 0. The van der Waals surface area contributed by atoms with E-state index < -0.39 is 0 Å². The Kier molecular flexibility index (Phi) is 4.25. The Morgan fingerprint density at radius 2 is 2.28 bits per heavy atom. The summed E-state index contributed by atoms with van der Waals surface area (Å²) in [6, 6.07) is 9.26. The van der Waals surface area contributed by atoms with Gasteiger partial charge in [-0.2, -0.15) is 0 Å². The van der Waals surface area contributed by atoms with Gasteiger partial charge in [0.15, 0.2) is 5.22 Å². The van der Waals surface area contributed by atoms with Crippen molar-refractivity contribution in [3.05, 3.63) is 52.9 Å². The van der Waals surface area contributed by atoms with Gasteiger partial charge in [0.05, 0.1) is 18.9 Å². The molecule has 1 heterocycles. The molecular formula is C13H15ClN2O2. The molecule has 2 aromatic rings. The second-order valence-electron chi connectivity index (χ2n) is 3.75. The molecule has 0 aliphatic heterocycles. The van der Waals surface area contributed by atoms with Crippen molar-refractivity contribution in [2.45, 2.75) is 13.0 Å². The van der Waals surface area contributed by atoms with Gasteiger partial charge in [0.25, 0.3) is 0 Å². The number of hydrogen-bond donors (Lipinski definition) is 2. The van der Waals surface area contributed by atoms with Crippen molar-refractivity contribution in [1.82, 2.24) is 5.43 Å². The Labute approximate surface area is 111 Å². The zero-order chi connectivity index (χ0) is 13.0. The van der Waals surface area contributed by atoms with Crippen LogP contribution in [0.4, 0.5) is 0 Å². The monoisotopic (exact) mass is 266 g/mol. The number of halogens is 1. The maximum atomic E-state index is 5.97. The quantitative estimate of drug-likeness (QED) is 0.645. The molecule has 0 radical (unpaired) electrons. The maximum absolute atomic E-state index is 5.97. The third-order valence-electron chi connectivity index (χ3n) is 2.63. The molecule has 3 N–H and O–H groups in total. The summed E-state index contributed by atoms with van der Waals surface area (Å²) < 4.78 is 10.5. The van der Waals surface area contributed by atoms with Crippen molar-refractivity contribution in [2.75, 3.05) is 6.61 Å². The fourth-order valence-corrected chi connectivity index (χ4v) is 2.05. The van der Waals surface area contributed by atoms with E-state index >= 15 is 0 Å². The van der Waals surface area contributed by atoms with Crippen LogP contribution in [0.5, 0.6) is 5.75 Å². The van der Waals surface area contributed by atoms with Crippen molar-refractivity contribution in [2.24, 2.45) is 5.84 Å². The largest absolute Gasteiger partial charge is 0.494 e. The van der Waals surface area contributed by atoms with Crippen LogP contribution in [-0.4, -0.2) is 6.61 Å². The molecule has 0 aliphatic carbocycles. The Bertz CT molecular complexity index is 513. The normalized spacial score (nSPS) is 12.4. The smallest absolute Gasteiger partial charge is 0.198 e. The first-order valence-electron chi connectivity index (χ1n) is 5.68. The van der Waals surface area contributed by atoms with Crippen LogP contribution < -0.4 is 16.0 Å². The second-order valence-corrected chi connectivity index (χ2v) is 4.10. The molecule has 4 nitrogen and oxygen atoms in total. The average molecular weight is 267 g/mol. The van der Waals surface area contributed by atoms with Gasteiger partial charge in [0, 0.05) is 5.56 Å². The zero-order valence-electron chi connectivity index (χ0n) is 10.0. The lowest BCUT2D eigenvalue weighted by Crippen LogP contribution is -2.28. The summed E-state index contributed by atoms with van der Waals surface area (Å²) in [6.45, 7) is 2.56. The van der Waals surface area contributed by atoms with E-state index in [2.05, 4.69) is 5.43 Å². The van der Waals surface area contributed by atoms with E-state index in [1.807, 2.05) is 31.2 Å².